The van der Waals surface area contributed by atoms with Gasteiger partial charge in [0.15, 0.2) is 0 Å². The van der Waals surface area contributed by atoms with Crippen molar-refractivity contribution in [3.05, 3.63) is 59.2 Å². The van der Waals surface area contributed by atoms with Crippen molar-refractivity contribution >= 4 is 11.8 Å². The normalized spacial score (nSPS) is 12.2. The van der Waals surface area contributed by atoms with E-state index in [1.165, 1.54) is 16.0 Å². The third kappa shape index (κ3) is 4.26. The summed E-state index contributed by atoms with van der Waals surface area (Å²) in [5.41, 5.74) is 10.0. The van der Waals surface area contributed by atoms with E-state index in [0.29, 0.717) is 6.61 Å². The molecule has 1 unspecified atom stereocenters. The summed E-state index contributed by atoms with van der Waals surface area (Å²) in [6.45, 7) is 6.91. The molecule has 2 aromatic rings. The predicted molar refractivity (Wildman–Crippen MR) is 91.2 cm³/mol. The van der Waals surface area contributed by atoms with Crippen molar-refractivity contribution in [2.45, 2.75) is 31.7 Å². The lowest BCUT2D eigenvalue weighted by Gasteiger charge is -2.17. The molecule has 3 heteroatoms. The minimum Gasteiger partial charge on any atom is -0.494 e. The maximum atomic E-state index is 6.36. The highest BCUT2D eigenvalue weighted by atomic mass is 32.2. The Balaban J connectivity index is 2.08. The lowest BCUT2D eigenvalue weighted by atomic mass is 10.1. The summed E-state index contributed by atoms with van der Waals surface area (Å²) >= 11 is 1.81. The Labute approximate surface area is 131 Å². The van der Waals surface area contributed by atoms with Crippen LogP contribution in [0, 0.1) is 13.8 Å². The smallest absolute Gasteiger partial charge is 0.124 e. The first-order chi connectivity index (χ1) is 10.1. The lowest BCUT2D eigenvalue weighted by molar-refractivity contribution is 0.335. The SMILES string of the molecule is CCOc1ccccc1C(N)CSc1cc(C)ccc1C. The zero-order valence-electron chi connectivity index (χ0n) is 12.9. The van der Waals surface area contributed by atoms with Crippen LogP contribution in [0.25, 0.3) is 0 Å². The van der Waals surface area contributed by atoms with Crippen LogP contribution in [-0.2, 0) is 0 Å². The van der Waals surface area contributed by atoms with Crippen molar-refractivity contribution in [2.24, 2.45) is 5.73 Å². The summed E-state index contributed by atoms with van der Waals surface area (Å²) < 4.78 is 5.66. The fourth-order valence-corrected chi connectivity index (χ4v) is 3.31. The van der Waals surface area contributed by atoms with Gasteiger partial charge in [0.05, 0.1) is 6.61 Å². The number of hydrogen-bond acceptors (Lipinski definition) is 3. The summed E-state index contributed by atoms with van der Waals surface area (Å²) in [6, 6.07) is 14.5. The van der Waals surface area contributed by atoms with Crippen LogP contribution in [0.15, 0.2) is 47.4 Å². The summed E-state index contributed by atoms with van der Waals surface area (Å²) in [4.78, 5) is 1.30. The minimum atomic E-state index is -0.0299. The van der Waals surface area contributed by atoms with E-state index in [0.717, 1.165) is 17.1 Å². The van der Waals surface area contributed by atoms with Crippen LogP contribution in [0.1, 0.15) is 29.7 Å². The van der Waals surface area contributed by atoms with Gasteiger partial charge >= 0.3 is 0 Å². The van der Waals surface area contributed by atoms with Crippen LogP contribution in [-0.4, -0.2) is 12.4 Å². The van der Waals surface area contributed by atoms with Gasteiger partial charge in [-0.1, -0.05) is 35.9 Å². The van der Waals surface area contributed by atoms with E-state index in [2.05, 4.69) is 38.1 Å². The van der Waals surface area contributed by atoms with Crippen LogP contribution in [0.4, 0.5) is 0 Å². The van der Waals surface area contributed by atoms with Gasteiger partial charge in [0.1, 0.15) is 5.75 Å². The number of benzene rings is 2. The highest BCUT2D eigenvalue weighted by Crippen LogP contribution is 2.30. The first-order valence-electron chi connectivity index (χ1n) is 7.29. The Morgan fingerprint density at radius 2 is 1.90 bits per heavy atom. The van der Waals surface area contributed by atoms with Gasteiger partial charge in [-0.05, 0) is 38.5 Å². The van der Waals surface area contributed by atoms with E-state index >= 15 is 0 Å². The van der Waals surface area contributed by atoms with Crippen LogP contribution in [0.2, 0.25) is 0 Å². The minimum absolute atomic E-state index is 0.0299. The van der Waals surface area contributed by atoms with E-state index in [-0.39, 0.29) is 6.04 Å². The average Bonchev–Trinajstić information content (AvgIpc) is 2.49. The van der Waals surface area contributed by atoms with E-state index in [9.17, 15) is 0 Å². The zero-order chi connectivity index (χ0) is 15.2. The summed E-state index contributed by atoms with van der Waals surface area (Å²) in [5.74, 6) is 1.74. The molecule has 2 nitrogen and oxygen atoms in total. The molecule has 2 aromatic carbocycles. The van der Waals surface area contributed by atoms with Gasteiger partial charge < -0.3 is 10.5 Å². The third-order valence-electron chi connectivity index (χ3n) is 3.38. The zero-order valence-corrected chi connectivity index (χ0v) is 13.7. The first kappa shape index (κ1) is 15.9. The second kappa shape index (κ2) is 7.53. The number of aryl methyl sites for hydroxylation is 2. The molecule has 0 amide bonds. The Morgan fingerprint density at radius 1 is 1.14 bits per heavy atom. The molecular formula is C18H23NOS. The summed E-state index contributed by atoms with van der Waals surface area (Å²) in [6.07, 6.45) is 0. The highest BCUT2D eigenvalue weighted by molar-refractivity contribution is 7.99. The topological polar surface area (TPSA) is 35.2 Å². The molecule has 112 valence electrons. The largest absolute Gasteiger partial charge is 0.494 e. The Bertz CT molecular complexity index is 598. The quantitative estimate of drug-likeness (QED) is 0.798. The number of nitrogens with two attached hydrogens (primary N) is 1. The molecule has 0 saturated carbocycles. The maximum Gasteiger partial charge on any atom is 0.124 e. The predicted octanol–water partition coefficient (Wildman–Crippen LogP) is 4.49. The third-order valence-corrected chi connectivity index (χ3v) is 4.66. The molecule has 0 bridgehead atoms. The highest BCUT2D eigenvalue weighted by Gasteiger charge is 2.12. The Hall–Kier alpha value is -1.45. The Kier molecular flexibility index (Phi) is 5.71. The van der Waals surface area contributed by atoms with E-state index < -0.39 is 0 Å². The van der Waals surface area contributed by atoms with Crippen LogP contribution in [0.3, 0.4) is 0 Å². The molecule has 0 spiro atoms. The van der Waals surface area contributed by atoms with Gasteiger partial charge in [0.25, 0.3) is 0 Å². The van der Waals surface area contributed by atoms with Crippen LogP contribution >= 0.6 is 11.8 Å². The average molecular weight is 301 g/mol. The molecule has 21 heavy (non-hydrogen) atoms. The molecule has 0 heterocycles. The number of para-hydroxylation sites is 1. The molecule has 0 aromatic heterocycles. The van der Waals surface area contributed by atoms with Crippen LogP contribution < -0.4 is 10.5 Å². The van der Waals surface area contributed by atoms with Gasteiger partial charge in [-0.25, -0.2) is 0 Å². The molecular weight excluding hydrogens is 278 g/mol. The molecule has 1 atom stereocenters. The van der Waals surface area contributed by atoms with E-state index in [4.69, 9.17) is 10.5 Å². The van der Waals surface area contributed by atoms with Crippen molar-refractivity contribution < 1.29 is 4.74 Å². The van der Waals surface area contributed by atoms with Crippen molar-refractivity contribution in [3.8, 4) is 5.75 Å². The second-order valence-corrected chi connectivity index (χ2v) is 6.22. The van der Waals surface area contributed by atoms with Gasteiger partial charge in [0, 0.05) is 22.3 Å². The summed E-state index contributed by atoms with van der Waals surface area (Å²) in [7, 11) is 0. The van der Waals surface area contributed by atoms with Crippen LogP contribution in [0.5, 0.6) is 5.75 Å². The van der Waals surface area contributed by atoms with E-state index in [1.54, 1.807) is 0 Å². The first-order valence-corrected chi connectivity index (χ1v) is 8.27. The van der Waals surface area contributed by atoms with Gasteiger partial charge in [-0.15, -0.1) is 11.8 Å². The maximum absolute atomic E-state index is 6.36. The molecule has 0 aliphatic carbocycles. The van der Waals surface area contributed by atoms with Gasteiger partial charge in [-0.3, -0.25) is 0 Å². The second-order valence-electron chi connectivity index (χ2n) is 5.16. The number of ether oxygens (including phenoxy) is 1. The number of thioether (sulfide) groups is 1. The monoisotopic (exact) mass is 301 g/mol. The molecule has 0 aliphatic heterocycles. The van der Waals surface area contributed by atoms with Gasteiger partial charge in [-0.2, -0.15) is 0 Å². The molecule has 0 saturated heterocycles. The number of hydrogen-bond donors (Lipinski definition) is 1. The van der Waals surface area contributed by atoms with Crippen molar-refractivity contribution in [1.82, 2.24) is 0 Å². The van der Waals surface area contributed by atoms with Gasteiger partial charge in [0.2, 0.25) is 0 Å². The Morgan fingerprint density at radius 3 is 2.67 bits per heavy atom. The molecule has 2 rings (SSSR count). The number of rotatable bonds is 6. The van der Waals surface area contributed by atoms with Crippen molar-refractivity contribution in [2.75, 3.05) is 12.4 Å². The van der Waals surface area contributed by atoms with E-state index in [1.807, 2.05) is 36.9 Å². The molecule has 2 N–H and O–H groups in total. The van der Waals surface area contributed by atoms with Crippen molar-refractivity contribution in [3.63, 3.8) is 0 Å². The fourth-order valence-electron chi connectivity index (χ4n) is 2.21. The van der Waals surface area contributed by atoms with Crippen molar-refractivity contribution in [1.29, 1.82) is 0 Å². The molecule has 0 fully saturated rings. The molecule has 0 radical (unpaired) electrons. The fraction of sp³-hybridized carbons (Fsp3) is 0.333. The standard InChI is InChI=1S/C18H23NOS/c1-4-20-17-8-6-5-7-15(17)16(19)12-21-18-11-13(2)9-10-14(18)3/h5-11,16H,4,12,19H2,1-3H3. The summed E-state index contributed by atoms with van der Waals surface area (Å²) in [5, 5.41) is 0. The lowest BCUT2D eigenvalue weighted by Crippen LogP contribution is -2.14. The molecule has 0 aliphatic rings.